The molecule has 0 aliphatic rings. The number of unbranched alkanes of at least 4 members (excludes halogenated alkanes) is 2. The highest BCUT2D eigenvalue weighted by atomic mass is 19.3. The molecule has 1 aromatic carbocycles. The molecule has 0 saturated heterocycles. The lowest BCUT2D eigenvalue weighted by atomic mass is 10.0. The van der Waals surface area contributed by atoms with E-state index in [9.17, 15) is 13.6 Å². The molecule has 0 amide bonds. The average Bonchev–Trinajstić information content (AvgIpc) is 2.28. The van der Waals surface area contributed by atoms with Gasteiger partial charge in [-0.25, -0.2) is 0 Å². The molecule has 1 nitrogen and oxygen atoms in total. The summed E-state index contributed by atoms with van der Waals surface area (Å²) in [5.41, 5.74) is 1.17. The Labute approximate surface area is 101 Å². The highest BCUT2D eigenvalue weighted by Crippen LogP contribution is 2.19. The van der Waals surface area contributed by atoms with Gasteiger partial charge in [0, 0.05) is 12.5 Å². The molecule has 0 atom stereocenters. The van der Waals surface area contributed by atoms with Crippen LogP contribution in [0.15, 0.2) is 24.3 Å². The molecule has 0 bridgehead atoms. The Morgan fingerprint density at radius 3 is 2.24 bits per heavy atom. The highest BCUT2D eigenvalue weighted by Gasteiger charge is 2.32. The van der Waals surface area contributed by atoms with Crippen LogP contribution in [0, 0.1) is 0 Å². The number of carbonyl (C=O) groups is 1. The normalized spacial score (nSPS) is 11.5. The van der Waals surface area contributed by atoms with Gasteiger partial charge in [-0.15, -0.1) is 0 Å². The Morgan fingerprint density at radius 2 is 1.76 bits per heavy atom. The second-order valence-electron chi connectivity index (χ2n) is 4.37. The quantitative estimate of drug-likeness (QED) is 0.536. The molecule has 1 rings (SSSR count). The smallest absolute Gasteiger partial charge is 0.287 e. The Morgan fingerprint density at radius 1 is 1.18 bits per heavy atom. The zero-order valence-corrected chi connectivity index (χ0v) is 10.3. The van der Waals surface area contributed by atoms with Crippen molar-refractivity contribution in [3.05, 3.63) is 35.4 Å². The van der Waals surface area contributed by atoms with E-state index in [1.165, 1.54) is 12.1 Å². The van der Waals surface area contributed by atoms with E-state index < -0.39 is 11.7 Å². The Kier molecular flexibility index (Phi) is 4.79. The van der Waals surface area contributed by atoms with Crippen LogP contribution in [-0.2, 0) is 6.42 Å². The summed E-state index contributed by atoms with van der Waals surface area (Å²) in [6.45, 7) is 2.76. The van der Waals surface area contributed by atoms with Crippen LogP contribution >= 0.6 is 0 Å². The van der Waals surface area contributed by atoms with Crippen molar-refractivity contribution in [2.45, 2.75) is 45.5 Å². The first-order valence-corrected chi connectivity index (χ1v) is 5.96. The molecule has 0 fully saturated rings. The van der Waals surface area contributed by atoms with Gasteiger partial charge in [0.05, 0.1) is 0 Å². The maximum absolute atomic E-state index is 12.8. The molecular weight excluding hydrogens is 222 g/mol. The summed E-state index contributed by atoms with van der Waals surface area (Å²) in [5.74, 6) is -4.40. The maximum Gasteiger partial charge on any atom is 0.307 e. The summed E-state index contributed by atoms with van der Waals surface area (Å²) in [5, 5.41) is 0. The van der Waals surface area contributed by atoms with E-state index in [1.54, 1.807) is 12.1 Å². The lowest BCUT2D eigenvalue weighted by Gasteiger charge is -2.09. The summed E-state index contributed by atoms with van der Waals surface area (Å²) in [6.07, 6.45) is 4.34. The van der Waals surface area contributed by atoms with E-state index in [1.807, 2.05) is 0 Å². The van der Waals surface area contributed by atoms with Crippen molar-refractivity contribution in [1.29, 1.82) is 0 Å². The van der Waals surface area contributed by atoms with Crippen molar-refractivity contribution in [3.63, 3.8) is 0 Å². The lowest BCUT2D eigenvalue weighted by Crippen LogP contribution is -2.24. The van der Waals surface area contributed by atoms with E-state index in [-0.39, 0.29) is 5.56 Å². The molecule has 0 spiro atoms. The number of benzene rings is 1. The van der Waals surface area contributed by atoms with Gasteiger partial charge in [-0.05, 0) is 18.4 Å². The minimum absolute atomic E-state index is 0.0803. The minimum atomic E-state index is -3.29. The molecule has 1 aromatic rings. The average molecular weight is 240 g/mol. The number of hydrogen-bond acceptors (Lipinski definition) is 1. The maximum atomic E-state index is 12.8. The van der Waals surface area contributed by atoms with Crippen molar-refractivity contribution >= 4 is 5.78 Å². The number of halogens is 2. The fraction of sp³-hybridized carbons (Fsp3) is 0.500. The summed E-state index contributed by atoms with van der Waals surface area (Å²) >= 11 is 0. The number of Topliss-reactive ketones (excluding diaryl/α,β-unsaturated/α-hetero) is 1. The summed E-state index contributed by atoms with van der Waals surface area (Å²) in [6, 6.07) is 6.49. The first-order chi connectivity index (χ1) is 7.95. The van der Waals surface area contributed by atoms with Gasteiger partial charge in [0.25, 0.3) is 0 Å². The van der Waals surface area contributed by atoms with Gasteiger partial charge < -0.3 is 0 Å². The topological polar surface area (TPSA) is 17.1 Å². The summed E-state index contributed by atoms with van der Waals surface area (Å²) in [7, 11) is 0. The van der Waals surface area contributed by atoms with Gasteiger partial charge in [-0.1, -0.05) is 44.0 Å². The first kappa shape index (κ1) is 13.8. The number of hydrogen-bond donors (Lipinski definition) is 0. The number of ketones is 1. The van der Waals surface area contributed by atoms with Gasteiger partial charge >= 0.3 is 5.92 Å². The van der Waals surface area contributed by atoms with Crippen molar-refractivity contribution in [2.24, 2.45) is 0 Å². The van der Waals surface area contributed by atoms with E-state index >= 15 is 0 Å². The van der Waals surface area contributed by atoms with Crippen LogP contribution < -0.4 is 0 Å². The van der Waals surface area contributed by atoms with E-state index in [4.69, 9.17) is 0 Å². The molecule has 0 aliphatic carbocycles. The largest absolute Gasteiger partial charge is 0.307 e. The summed E-state index contributed by atoms with van der Waals surface area (Å²) in [4.78, 5) is 11.3. The van der Waals surface area contributed by atoms with Gasteiger partial charge in [-0.2, -0.15) is 8.78 Å². The molecule has 0 unspecified atom stereocenters. The molecule has 0 saturated carbocycles. The molecule has 3 heteroatoms. The SMILES string of the molecule is CCCCCc1ccc(C(=O)C(C)(F)F)cc1. The fourth-order valence-corrected chi connectivity index (χ4v) is 1.66. The van der Waals surface area contributed by atoms with Crippen molar-refractivity contribution in [2.75, 3.05) is 0 Å². The highest BCUT2D eigenvalue weighted by molar-refractivity contribution is 6.01. The molecule has 17 heavy (non-hydrogen) atoms. The van der Waals surface area contributed by atoms with Crippen LogP contribution in [0.1, 0.15) is 49.0 Å². The Balaban J connectivity index is 2.65. The van der Waals surface area contributed by atoms with Gasteiger partial charge in [-0.3, -0.25) is 4.79 Å². The fourth-order valence-electron chi connectivity index (χ4n) is 1.66. The molecule has 0 N–H and O–H groups in total. The zero-order chi connectivity index (χ0) is 12.9. The lowest BCUT2D eigenvalue weighted by molar-refractivity contribution is 0.0221. The van der Waals surface area contributed by atoms with Crippen LogP contribution in [0.25, 0.3) is 0 Å². The second-order valence-corrected chi connectivity index (χ2v) is 4.37. The monoisotopic (exact) mass is 240 g/mol. The Hall–Kier alpha value is -1.25. The van der Waals surface area contributed by atoms with E-state index in [2.05, 4.69) is 6.92 Å². The predicted molar refractivity (Wildman–Crippen MR) is 64.6 cm³/mol. The first-order valence-electron chi connectivity index (χ1n) is 5.96. The third-order valence-electron chi connectivity index (χ3n) is 2.68. The van der Waals surface area contributed by atoms with Crippen molar-refractivity contribution < 1.29 is 13.6 Å². The third kappa shape index (κ3) is 4.25. The van der Waals surface area contributed by atoms with Crippen LogP contribution in [0.5, 0.6) is 0 Å². The summed E-state index contributed by atoms with van der Waals surface area (Å²) < 4.78 is 25.6. The number of aryl methyl sites for hydroxylation is 1. The number of alkyl halides is 2. The predicted octanol–water partition coefficient (Wildman–Crippen LogP) is 4.26. The molecule has 0 heterocycles. The minimum Gasteiger partial charge on any atom is -0.287 e. The van der Waals surface area contributed by atoms with Crippen LogP contribution in [-0.4, -0.2) is 11.7 Å². The van der Waals surface area contributed by atoms with Gasteiger partial charge in [0.15, 0.2) is 0 Å². The van der Waals surface area contributed by atoms with Crippen LogP contribution in [0.4, 0.5) is 8.78 Å². The third-order valence-corrected chi connectivity index (χ3v) is 2.68. The van der Waals surface area contributed by atoms with Crippen molar-refractivity contribution in [3.8, 4) is 0 Å². The number of rotatable bonds is 6. The van der Waals surface area contributed by atoms with Gasteiger partial charge in [0.2, 0.25) is 5.78 Å². The van der Waals surface area contributed by atoms with Crippen molar-refractivity contribution in [1.82, 2.24) is 0 Å². The zero-order valence-electron chi connectivity index (χ0n) is 10.3. The molecule has 0 aromatic heterocycles. The number of carbonyl (C=O) groups excluding carboxylic acids is 1. The van der Waals surface area contributed by atoms with Crippen LogP contribution in [0.2, 0.25) is 0 Å². The van der Waals surface area contributed by atoms with Crippen LogP contribution in [0.3, 0.4) is 0 Å². The molecule has 0 radical (unpaired) electrons. The Bertz CT molecular complexity index is 363. The molecule has 94 valence electrons. The van der Waals surface area contributed by atoms with E-state index in [0.29, 0.717) is 6.92 Å². The molecule has 0 aliphatic heterocycles. The van der Waals surface area contributed by atoms with E-state index in [0.717, 1.165) is 31.2 Å². The molecular formula is C14H18F2O. The standard InChI is InChI=1S/C14H18F2O/c1-3-4-5-6-11-7-9-12(10-8-11)13(17)14(2,15)16/h7-10H,3-6H2,1-2H3. The van der Waals surface area contributed by atoms with Gasteiger partial charge in [0.1, 0.15) is 0 Å². The second kappa shape index (κ2) is 5.89.